The molecule has 0 radical (unpaired) electrons. The normalized spacial score (nSPS) is 22.0. The average molecular weight is 356 g/mol. The smallest absolute Gasteiger partial charge is 0.325 e. The fraction of sp³-hybridized carbons (Fsp3) is 0.294. The molecule has 1 aromatic carbocycles. The summed E-state index contributed by atoms with van der Waals surface area (Å²) in [5, 5.41) is 11.6. The summed E-state index contributed by atoms with van der Waals surface area (Å²) in [6.07, 6.45) is 0. The number of Topliss-reactive ketones (excluding diaryl/α,β-unsaturated/α-hetero) is 1. The first-order chi connectivity index (χ1) is 12.3. The van der Waals surface area contributed by atoms with E-state index < -0.39 is 29.8 Å². The Morgan fingerprint density at radius 3 is 2.73 bits per heavy atom. The third-order valence-electron chi connectivity index (χ3n) is 4.31. The highest BCUT2D eigenvalue weighted by Crippen LogP contribution is 2.37. The zero-order valence-electron chi connectivity index (χ0n) is 14.2. The van der Waals surface area contributed by atoms with Crippen molar-refractivity contribution in [3.8, 4) is 17.6 Å². The first-order valence-corrected chi connectivity index (χ1v) is 7.72. The van der Waals surface area contributed by atoms with Gasteiger partial charge in [0.1, 0.15) is 17.2 Å². The van der Waals surface area contributed by atoms with Crippen molar-refractivity contribution in [2.45, 2.75) is 19.4 Å². The fourth-order valence-corrected chi connectivity index (χ4v) is 2.84. The minimum Gasteiger partial charge on any atom is -0.454 e. The van der Waals surface area contributed by atoms with Crippen molar-refractivity contribution >= 4 is 17.7 Å². The molecule has 3 amide bonds. The summed E-state index contributed by atoms with van der Waals surface area (Å²) >= 11 is 0. The largest absolute Gasteiger partial charge is 0.454 e. The zero-order valence-corrected chi connectivity index (χ0v) is 14.2. The number of nitrogens with one attached hydrogen (secondary N) is 1. The van der Waals surface area contributed by atoms with Gasteiger partial charge in [-0.05, 0) is 31.5 Å². The van der Waals surface area contributed by atoms with Gasteiger partial charge in [-0.25, -0.2) is 4.79 Å². The number of fused-ring (bicyclic) bond motifs is 1. The van der Waals surface area contributed by atoms with Gasteiger partial charge in [-0.3, -0.25) is 14.5 Å². The van der Waals surface area contributed by atoms with Crippen LogP contribution in [0.2, 0.25) is 0 Å². The fourth-order valence-electron chi connectivity index (χ4n) is 2.84. The first kappa shape index (κ1) is 17.3. The lowest BCUT2D eigenvalue weighted by molar-refractivity contribution is -0.133. The van der Waals surface area contributed by atoms with Crippen LogP contribution in [0.4, 0.5) is 4.79 Å². The maximum absolute atomic E-state index is 12.8. The van der Waals surface area contributed by atoms with Gasteiger partial charge in [-0.15, -0.1) is 0 Å². The van der Waals surface area contributed by atoms with Gasteiger partial charge in [-0.2, -0.15) is 5.26 Å². The van der Waals surface area contributed by atoms with Gasteiger partial charge in [0.25, 0.3) is 5.91 Å². The molecule has 3 rings (SSSR count). The van der Waals surface area contributed by atoms with Crippen LogP contribution in [0.3, 0.4) is 0 Å². The standard InChI is InChI=1S/C17H16N4O5/c1-9(19)11(6-18)12(22)7-21-15(23)17(2,20-16(21)24)10-3-4-13-14(5-10)26-8-25-13/h3-5H,7-8,19H2,1-2H3,(H,20,24)/b11-9+. The van der Waals surface area contributed by atoms with Crippen LogP contribution in [-0.4, -0.2) is 36.0 Å². The van der Waals surface area contributed by atoms with E-state index in [0.29, 0.717) is 17.1 Å². The summed E-state index contributed by atoms with van der Waals surface area (Å²) in [5.74, 6) is -0.301. The number of allylic oxidation sites excluding steroid dienone is 1. The van der Waals surface area contributed by atoms with Gasteiger partial charge in [0.05, 0.1) is 6.54 Å². The monoisotopic (exact) mass is 356 g/mol. The van der Waals surface area contributed by atoms with Crippen LogP contribution < -0.4 is 20.5 Å². The number of nitrogens with two attached hydrogens (primary N) is 1. The van der Waals surface area contributed by atoms with Crippen LogP contribution in [0.5, 0.6) is 11.5 Å². The van der Waals surface area contributed by atoms with E-state index in [4.69, 9.17) is 20.5 Å². The molecule has 1 atom stereocenters. The summed E-state index contributed by atoms with van der Waals surface area (Å²) in [5.41, 5.74) is 4.37. The molecule has 0 saturated carbocycles. The van der Waals surface area contributed by atoms with Crippen molar-refractivity contribution in [3.63, 3.8) is 0 Å². The number of hydrogen-bond donors (Lipinski definition) is 2. The number of nitrogens with zero attached hydrogens (tertiary/aromatic N) is 2. The quantitative estimate of drug-likeness (QED) is 0.456. The first-order valence-electron chi connectivity index (χ1n) is 7.72. The number of amides is 3. The molecule has 1 unspecified atom stereocenters. The number of carbonyl (C=O) groups excluding carboxylic acids is 3. The molecule has 1 saturated heterocycles. The third kappa shape index (κ3) is 2.61. The Labute approximate surface area is 148 Å². The van der Waals surface area contributed by atoms with Crippen LogP contribution in [0.1, 0.15) is 19.4 Å². The summed E-state index contributed by atoms with van der Waals surface area (Å²) in [7, 11) is 0. The minimum atomic E-state index is -1.37. The lowest BCUT2D eigenvalue weighted by Gasteiger charge is -2.22. The number of ether oxygens (including phenoxy) is 2. The predicted octanol–water partition coefficient (Wildman–Crippen LogP) is 0.508. The second-order valence-electron chi connectivity index (χ2n) is 6.11. The molecule has 3 N–H and O–H groups in total. The molecule has 0 aliphatic carbocycles. The Morgan fingerprint density at radius 1 is 1.38 bits per heavy atom. The lowest BCUT2D eigenvalue weighted by Crippen LogP contribution is -2.41. The topological polar surface area (TPSA) is 135 Å². The van der Waals surface area contributed by atoms with Gasteiger partial charge < -0.3 is 20.5 Å². The molecule has 2 aliphatic heterocycles. The molecule has 0 aromatic heterocycles. The van der Waals surface area contributed by atoms with Crippen molar-refractivity contribution in [1.29, 1.82) is 5.26 Å². The maximum Gasteiger partial charge on any atom is 0.325 e. The predicted molar refractivity (Wildman–Crippen MR) is 87.7 cm³/mol. The van der Waals surface area contributed by atoms with Gasteiger partial charge >= 0.3 is 6.03 Å². The number of rotatable bonds is 4. The van der Waals surface area contributed by atoms with Gasteiger partial charge in [0, 0.05) is 5.70 Å². The van der Waals surface area contributed by atoms with E-state index in [1.54, 1.807) is 24.3 Å². The zero-order chi connectivity index (χ0) is 19.1. The molecule has 9 heteroatoms. The van der Waals surface area contributed by atoms with Crippen molar-refractivity contribution < 1.29 is 23.9 Å². The Hall–Kier alpha value is -3.54. The lowest BCUT2D eigenvalue weighted by atomic mass is 9.91. The number of ketones is 1. The van der Waals surface area contributed by atoms with E-state index in [1.165, 1.54) is 13.8 Å². The van der Waals surface area contributed by atoms with Gasteiger partial charge in [0.15, 0.2) is 17.3 Å². The summed E-state index contributed by atoms with van der Waals surface area (Å²) in [4.78, 5) is 38.1. The SMILES string of the molecule is C/C(N)=C(/C#N)C(=O)CN1C(=O)NC(C)(c2ccc3c(c2)OCO3)C1=O. The number of benzene rings is 1. The van der Waals surface area contributed by atoms with E-state index >= 15 is 0 Å². The Bertz CT molecular complexity index is 897. The molecule has 9 nitrogen and oxygen atoms in total. The molecular weight excluding hydrogens is 340 g/mol. The summed E-state index contributed by atoms with van der Waals surface area (Å²) < 4.78 is 10.5. The summed E-state index contributed by atoms with van der Waals surface area (Å²) in [6, 6.07) is 5.86. The number of nitriles is 1. The molecule has 134 valence electrons. The number of imide groups is 1. The summed E-state index contributed by atoms with van der Waals surface area (Å²) in [6.45, 7) is 2.45. The second kappa shape index (κ2) is 6.07. The maximum atomic E-state index is 12.8. The molecular formula is C17H16N4O5. The molecule has 0 bridgehead atoms. The van der Waals surface area contributed by atoms with E-state index in [1.807, 2.05) is 0 Å². The van der Waals surface area contributed by atoms with Crippen LogP contribution in [-0.2, 0) is 15.1 Å². The minimum absolute atomic E-state index is 0.0306. The van der Waals surface area contributed by atoms with Crippen LogP contribution in [0.25, 0.3) is 0 Å². The second-order valence-corrected chi connectivity index (χ2v) is 6.11. The van der Waals surface area contributed by atoms with E-state index in [9.17, 15) is 14.4 Å². The molecule has 1 aromatic rings. The number of hydrogen-bond acceptors (Lipinski definition) is 7. The Morgan fingerprint density at radius 2 is 2.08 bits per heavy atom. The van der Waals surface area contributed by atoms with E-state index in [2.05, 4.69) is 5.32 Å². The Kier molecular flexibility index (Phi) is 4.04. The van der Waals surface area contributed by atoms with Crippen molar-refractivity contribution in [1.82, 2.24) is 10.2 Å². The molecule has 2 aliphatic rings. The van der Waals surface area contributed by atoms with Gasteiger partial charge in [0.2, 0.25) is 6.79 Å². The average Bonchev–Trinajstić information content (AvgIpc) is 3.13. The molecule has 26 heavy (non-hydrogen) atoms. The molecule has 2 heterocycles. The Balaban J connectivity index is 1.88. The van der Waals surface area contributed by atoms with E-state index in [-0.39, 0.29) is 18.1 Å². The number of carbonyl (C=O) groups is 3. The van der Waals surface area contributed by atoms with Gasteiger partial charge in [-0.1, -0.05) is 6.07 Å². The van der Waals surface area contributed by atoms with Crippen molar-refractivity contribution in [3.05, 3.63) is 35.0 Å². The molecule has 0 spiro atoms. The van der Waals surface area contributed by atoms with Crippen LogP contribution >= 0.6 is 0 Å². The highest BCUT2D eigenvalue weighted by atomic mass is 16.7. The van der Waals surface area contributed by atoms with Crippen molar-refractivity contribution in [2.75, 3.05) is 13.3 Å². The van der Waals surface area contributed by atoms with Crippen LogP contribution in [0.15, 0.2) is 29.5 Å². The van der Waals surface area contributed by atoms with E-state index in [0.717, 1.165) is 4.90 Å². The van der Waals surface area contributed by atoms with Crippen LogP contribution in [0, 0.1) is 11.3 Å². The number of urea groups is 1. The third-order valence-corrected chi connectivity index (χ3v) is 4.31. The highest BCUT2D eigenvalue weighted by molar-refractivity contribution is 6.12. The highest BCUT2D eigenvalue weighted by Gasteiger charge is 2.50. The molecule has 1 fully saturated rings. The van der Waals surface area contributed by atoms with Crippen molar-refractivity contribution in [2.24, 2.45) is 5.73 Å².